The molecule has 0 bridgehead atoms. The van der Waals surface area contributed by atoms with E-state index in [-0.39, 0.29) is 6.79 Å². The molecule has 0 saturated carbocycles. The smallest absolute Gasteiger partial charge is 0.231 e. The molecule has 1 aliphatic rings. The molecular weight excluding hydrogens is 430 g/mol. The molecule has 0 atom stereocenters. The van der Waals surface area contributed by atoms with Gasteiger partial charge in [-0.2, -0.15) is 0 Å². The van der Waals surface area contributed by atoms with Crippen molar-refractivity contribution in [2.24, 2.45) is 0 Å². The summed E-state index contributed by atoms with van der Waals surface area (Å²) in [7, 11) is 0. The molecule has 28 heavy (non-hydrogen) atoms. The van der Waals surface area contributed by atoms with Crippen molar-refractivity contribution in [2.45, 2.75) is 10.1 Å². The summed E-state index contributed by atoms with van der Waals surface area (Å²) in [6, 6.07) is 15.9. The fourth-order valence-electron chi connectivity index (χ4n) is 2.72. The Balaban J connectivity index is 1.30. The van der Waals surface area contributed by atoms with Crippen LogP contribution in [-0.4, -0.2) is 21.6 Å². The average Bonchev–Trinajstić information content (AvgIpc) is 3.46. The number of benzene rings is 2. The molecule has 2 aromatic carbocycles. The number of nitrogens with zero attached hydrogens (tertiary/aromatic N) is 3. The number of para-hydroxylation sites is 1. The Morgan fingerprint density at radius 1 is 1.11 bits per heavy atom. The van der Waals surface area contributed by atoms with Gasteiger partial charge in [0.1, 0.15) is 5.01 Å². The van der Waals surface area contributed by atoms with Gasteiger partial charge in [-0.3, -0.25) is 0 Å². The van der Waals surface area contributed by atoms with Gasteiger partial charge in [-0.1, -0.05) is 41.3 Å². The minimum Gasteiger partial charge on any atom is -0.454 e. The molecule has 0 N–H and O–H groups in total. The maximum atomic E-state index is 5.46. The molecule has 0 spiro atoms. The van der Waals surface area contributed by atoms with Gasteiger partial charge in [-0.15, -0.1) is 16.4 Å². The molecule has 9 heteroatoms. The molecule has 2 aromatic heterocycles. The summed E-state index contributed by atoms with van der Waals surface area (Å²) in [5.41, 5.74) is 3.04. The topological polar surface area (TPSA) is 49.2 Å². The first-order valence-electron chi connectivity index (χ1n) is 8.39. The number of rotatable bonds is 5. The van der Waals surface area contributed by atoms with Crippen molar-refractivity contribution < 1.29 is 9.47 Å². The van der Waals surface area contributed by atoms with Crippen LogP contribution in [0.15, 0.2) is 58.3 Å². The fourth-order valence-corrected chi connectivity index (χ4v) is 5.90. The van der Waals surface area contributed by atoms with Gasteiger partial charge in [0, 0.05) is 16.7 Å². The molecule has 0 unspecified atom stereocenters. The van der Waals surface area contributed by atoms with Crippen LogP contribution in [0.5, 0.6) is 11.5 Å². The molecule has 4 aromatic rings. The van der Waals surface area contributed by atoms with E-state index in [4.69, 9.17) is 26.7 Å². The van der Waals surface area contributed by atoms with E-state index in [0.29, 0.717) is 0 Å². The Morgan fingerprint density at radius 3 is 2.86 bits per heavy atom. The molecule has 0 radical (unpaired) electrons. The molecule has 0 aliphatic carbocycles. The molecule has 0 amide bonds. The monoisotopic (exact) mass is 443 g/mol. The summed E-state index contributed by atoms with van der Waals surface area (Å²) in [5, 5.41) is 7.69. The Bertz CT molecular complexity index is 1180. The van der Waals surface area contributed by atoms with Crippen LogP contribution in [0, 0.1) is 3.95 Å². The van der Waals surface area contributed by atoms with Crippen LogP contribution in [0.4, 0.5) is 0 Å². The number of hydrogen-bond acceptors (Lipinski definition) is 8. The molecule has 5 nitrogen and oxygen atoms in total. The summed E-state index contributed by atoms with van der Waals surface area (Å²) in [5.74, 6) is 2.30. The zero-order valence-corrected chi connectivity index (χ0v) is 17.7. The third-order valence-electron chi connectivity index (χ3n) is 4.04. The van der Waals surface area contributed by atoms with Crippen molar-refractivity contribution in [1.29, 1.82) is 0 Å². The summed E-state index contributed by atoms with van der Waals surface area (Å²) >= 11 is 10.3. The Hall–Kier alpha value is -2.20. The Labute approximate surface area is 178 Å². The number of thioether (sulfide) groups is 1. The minimum absolute atomic E-state index is 0.278. The highest BCUT2D eigenvalue weighted by Gasteiger charge is 2.15. The van der Waals surface area contributed by atoms with E-state index in [2.05, 4.69) is 10.5 Å². The van der Waals surface area contributed by atoms with E-state index in [9.17, 15) is 0 Å². The fraction of sp³-hybridized carbons (Fsp3) is 0.105. The van der Waals surface area contributed by atoms with Crippen LogP contribution in [0.3, 0.4) is 0 Å². The van der Waals surface area contributed by atoms with Crippen LogP contribution >= 0.6 is 46.7 Å². The van der Waals surface area contributed by atoms with Crippen LogP contribution in [0.2, 0.25) is 0 Å². The van der Waals surface area contributed by atoms with E-state index in [1.54, 1.807) is 27.8 Å². The lowest BCUT2D eigenvalue weighted by Gasteiger charge is -1.99. The van der Waals surface area contributed by atoms with E-state index >= 15 is 0 Å². The van der Waals surface area contributed by atoms with Crippen molar-refractivity contribution in [2.75, 3.05) is 6.79 Å². The number of fused-ring (bicyclic) bond motifs is 1. The first-order chi connectivity index (χ1) is 13.8. The predicted molar refractivity (Wildman–Crippen MR) is 116 cm³/mol. The van der Waals surface area contributed by atoms with E-state index < -0.39 is 0 Å². The van der Waals surface area contributed by atoms with Crippen molar-refractivity contribution >= 4 is 46.7 Å². The van der Waals surface area contributed by atoms with Gasteiger partial charge in [0.25, 0.3) is 0 Å². The zero-order chi connectivity index (χ0) is 18.9. The molecule has 140 valence electrons. The first kappa shape index (κ1) is 17.9. The lowest BCUT2D eigenvalue weighted by molar-refractivity contribution is 0.174. The lowest BCUT2D eigenvalue weighted by Crippen LogP contribution is -1.95. The van der Waals surface area contributed by atoms with Gasteiger partial charge in [0.05, 0.1) is 11.4 Å². The largest absolute Gasteiger partial charge is 0.454 e. The van der Waals surface area contributed by atoms with Crippen molar-refractivity contribution in [3.8, 4) is 27.8 Å². The van der Waals surface area contributed by atoms with Gasteiger partial charge in [-0.25, -0.2) is 9.67 Å². The highest BCUT2D eigenvalue weighted by molar-refractivity contribution is 8.00. The molecule has 3 heterocycles. The summed E-state index contributed by atoms with van der Waals surface area (Å²) < 4.78 is 14.3. The van der Waals surface area contributed by atoms with Gasteiger partial charge in [0.2, 0.25) is 6.79 Å². The van der Waals surface area contributed by atoms with Crippen LogP contribution in [0.1, 0.15) is 5.69 Å². The van der Waals surface area contributed by atoms with E-state index in [1.165, 1.54) is 11.3 Å². The second-order valence-corrected chi connectivity index (χ2v) is 9.59. The second-order valence-electron chi connectivity index (χ2n) is 5.88. The second kappa shape index (κ2) is 7.67. The molecule has 5 rings (SSSR count). The summed E-state index contributed by atoms with van der Waals surface area (Å²) in [4.78, 5) is 4.75. The van der Waals surface area contributed by atoms with E-state index in [0.717, 1.165) is 47.5 Å². The van der Waals surface area contributed by atoms with Crippen molar-refractivity contribution in [3.05, 3.63) is 63.6 Å². The first-order valence-corrected chi connectivity index (χ1v) is 11.5. The Morgan fingerprint density at radius 2 is 1.96 bits per heavy atom. The summed E-state index contributed by atoms with van der Waals surface area (Å²) in [6.07, 6.45) is 0. The van der Waals surface area contributed by atoms with Gasteiger partial charge >= 0.3 is 0 Å². The van der Waals surface area contributed by atoms with Crippen molar-refractivity contribution in [3.63, 3.8) is 0 Å². The van der Waals surface area contributed by atoms with E-state index in [1.807, 2.05) is 48.5 Å². The van der Waals surface area contributed by atoms with Crippen molar-refractivity contribution in [1.82, 2.24) is 14.8 Å². The van der Waals surface area contributed by atoms with Gasteiger partial charge in [0.15, 0.2) is 19.8 Å². The molecule has 1 aliphatic heterocycles. The number of aromatic nitrogens is 3. The highest BCUT2D eigenvalue weighted by Crippen LogP contribution is 2.37. The zero-order valence-electron chi connectivity index (χ0n) is 14.4. The van der Waals surface area contributed by atoms with Crippen LogP contribution in [0.25, 0.3) is 16.3 Å². The maximum Gasteiger partial charge on any atom is 0.231 e. The summed E-state index contributed by atoms with van der Waals surface area (Å²) in [6.45, 7) is 0.278. The molecule has 0 fully saturated rings. The standard InChI is InChI=1S/C19H13N3O2S4/c25-19-22(14-4-2-1-3-5-14)21-18(28-19)27-10-13-9-26-17(20-13)12-6-7-15-16(8-12)24-11-23-15/h1-9H,10-11H2. The minimum atomic E-state index is 0.278. The Kier molecular flexibility index (Phi) is 4.89. The quantitative estimate of drug-likeness (QED) is 0.287. The highest BCUT2D eigenvalue weighted by atomic mass is 32.2. The van der Waals surface area contributed by atoms with Crippen LogP contribution < -0.4 is 9.47 Å². The number of thiazole rings is 1. The lowest BCUT2D eigenvalue weighted by atomic mass is 10.2. The SMILES string of the molecule is S=c1sc(SCc2csc(-c3ccc4c(c3)OCO4)n2)nn1-c1ccccc1. The number of hydrogen-bond donors (Lipinski definition) is 0. The van der Waals surface area contributed by atoms with Gasteiger partial charge < -0.3 is 9.47 Å². The molecular formula is C19H13N3O2S4. The maximum absolute atomic E-state index is 5.46. The van der Waals surface area contributed by atoms with Gasteiger partial charge in [-0.05, 0) is 42.5 Å². The third-order valence-corrected chi connectivity index (χ3v) is 7.38. The third kappa shape index (κ3) is 3.58. The predicted octanol–water partition coefficient (Wildman–Crippen LogP) is 5.81. The molecule has 0 saturated heterocycles. The average molecular weight is 444 g/mol. The normalized spacial score (nSPS) is 12.4. The number of ether oxygens (including phenoxy) is 2. The van der Waals surface area contributed by atoms with Crippen LogP contribution in [-0.2, 0) is 5.75 Å².